The van der Waals surface area contributed by atoms with Crippen molar-refractivity contribution in [2.75, 3.05) is 26.7 Å². The molecular weight excluding hydrogens is 560 g/mol. The van der Waals surface area contributed by atoms with Crippen molar-refractivity contribution in [3.63, 3.8) is 0 Å². The summed E-state index contributed by atoms with van der Waals surface area (Å²) in [6.07, 6.45) is -5.41. The van der Waals surface area contributed by atoms with Gasteiger partial charge in [0.05, 0.1) is 13.2 Å². The summed E-state index contributed by atoms with van der Waals surface area (Å²) in [5, 5.41) is 54.5. The predicted molar refractivity (Wildman–Crippen MR) is 148 cm³/mol. The van der Waals surface area contributed by atoms with Crippen LogP contribution < -0.4 is 33.2 Å². The molecule has 3 amide bonds. The third-order valence-electron chi connectivity index (χ3n) is 6.43. The highest BCUT2D eigenvalue weighted by Crippen LogP contribution is 2.08. The van der Waals surface area contributed by atoms with Gasteiger partial charge in [0.2, 0.25) is 11.8 Å². The van der Waals surface area contributed by atoms with Crippen molar-refractivity contribution in [1.82, 2.24) is 16.0 Å². The largest absolute Gasteiger partial charge is 0.479 e. The lowest BCUT2D eigenvalue weighted by molar-refractivity contribution is -0.166. The topological polar surface area (TPSA) is 310 Å². The third kappa shape index (κ3) is 14.8. The Bertz CT molecular complexity index is 850. The van der Waals surface area contributed by atoms with Gasteiger partial charge in [0.1, 0.15) is 24.3 Å². The van der Waals surface area contributed by atoms with E-state index in [1.807, 2.05) is 0 Å². The second-order valence-corrected chi connectivity index (χ2v) is 9.82. The maximum absolute atomic E-state index is 13.0. The second-order valence-electron chi connectivity index (χ2n) is 9.82. The molecule has 17 heteroatoms. The Kier molecular flexibility index (Phi) is 20.2. The first-order valence-electron chi connectivity index (χ1n) is 13.9. The predicted octanol–water partition coefficient (Wildman–Crippen LogP) is -4.47. The number of hydrogen-bond acceptors (Lipinski definition) is 13. The zero-order valence-corrected chi connectivity index (χ0v) is 23.9. The summed E-state index contributed by atoms with van der Waals surface area (Å²) in [5.74, 6) is -4.75. The number of rotatable bonds is 23. The highest BCUT2D eigenvalue weighted by molar-refractivity contribution is 5.92. The van der Waals surface area contributed by atoms with Gasteiger partial charge in [0.15, 0.2) is 12.2 Å². The molecular formula is C25H48N6O11. The Morgan fingerprint density at radius 3 is 1.71 bits per heavy atom. The molecule has 0 bridgehead atoms. The zero-order chi connectivity index (χ0) is 32.2. The number of ether oxygens (including phenoxy) is 1. The quantitative estimate of drug-likeness (QED) is 0.0385. The minimum absolute atomic E-state index is 0.0161. The minimum atomic E-state index is -2.41. The summed E-state index contributed by atoms with van der Waals surface area (Å²) in [4.78, 5) is 60.5. The number of aliphatic carboxylic acids is 1. The first-order chi connectivity index (χ1) is 19.8. The van der Waals surface area contributed by atoms with Gasteiger partial charge in [-0.25, -0.2) is 9.59 Å². The van der Waals surface area contributed by atoms with E-state index < -0.39 is 72.2 Å². The summed E-state index contributed by atoms with van der Waals surface area (Å²) in [6.45, 7) is 0.805. The van der Waals surface area contributed by atoms with Gasteiger partial charge in [0.25, 0.3) is 5.91 Å². The van der Waals surface area contributed by atoms with Crippen LogP contribution in [0, 0.1) is 0 Å². The first kappa shape index (κ1) is 39.1. The molecule has 0 aliphatic rings. The number of aliphatic hydroxyl groups is 4. The molecule has 42 heavy (non-hydrogen) atoms. The average molecular weight is 609 g/mol. The summed E-state index contributed by atoms with van der Waals surface area (Å²) in [7, 11) is 1.21. The average Bonchev–Trinajstić information content (AvgIpc) is 2.97. The molecule has 0 aliphatic carbocycles. The molecule has 17 nitrogen and oxygen atoms in total. The van der Waals surface area contributed by atoms with Crippen molar-refractivity contribution in [2.45, 2.75) is 100 Å². The minimum Gasteiger partial charge on any atom is -0.479 e. The number of hydrogen-bond donors (Lipinski definition) is 11. The maximum Gasteiger partial charge on any atom is 0.335 e. The van der Waals surface area contributed by atoms with Gasteiger partial charge in [-0.05, 0) is 70.9 Å². The highest BCUT2D eigenvalue weighted by Gasteiger charge is 2.37. The number of carbonyl (C=O) groups excluding carboxylic acids is 4. The van der Waals surface area contributed by atoms with Crippen LogP contribution in [-0.2, 0) is 28.7 Å². The van der Waals surface area contributed by atoms with Crippen LogP contribution in [-0.4, -0.2) is 124 Å². The zero-order valence-electron chi connectivity index (χ0n) is 23.9. The summed E-state index contributed by atoms with van der Waals surface area (Å²) < 4.78 is 4.77. The molecule has 0 saturated carbocycles. The molecule has 0 saturated heterocycles. The van der Waals surface area contributed by atoms with E-state index >= 15 is 0 Å². The van der Waals surface area contributed by atoms with Crippen LogP contribution in [0.1, 0.15) is 57.8 Å². The van der Waals surface area contributed by atoms with Gasteiger partial charge in [-0.1, -0.05) is 0 Å². The van der Waals surface area contributed by atoms with E-state index in [-0.39, 0.29) is 19.4 Å². The Morgan fingerprint density at radius 2 is 1.19 bits per heavy atom. The van der Waals surface area contributed by atoms with Crippen LogP contribution in [0.2, 0.25) is 0 Å². The van der Waals surface area contributed by atoms with Crippen molar-refractivity contribution < 1.29 is 54.2 Å². The molecule has 0 aromatic rings. The molecule has 0 spiro atoms. The number of esters is 1. The summed E-state index contributed by atoms with van der Waals surface area (Å²) in [5.41, 5.74) is 17.0. The van der Waals surface area contributed by atoms with Gasteiger partial charge >= 0.3 is 11.9 Å². The van der Waals surface area contributed by atoms with Crippen LogP contribution in [0.15, 0.2) is 0 Å². The van der Waals surface area contributed by atoms with Crippen molar-refractivity contribution in [2.24, 2.45) is 17.2 Å². The van der Waals surface area contributed by atoms with Gasteiger partial charge in [-0.15, -0.1) is 0 Å². The number of nitrogens with one attached hydrogen (secondary N) is 3. The Balaban J connectivity index is 4.86. The molecule has 1 unspecified atom stereocenters. The van der Waals surface area contributed by atoms with Crippen LogP contribution in [0.3, 0.4) is 0 Å². The van der Waals surface area contributed by atoms with E-state index in [1.165, 1.54) is 7.11 Å². The lowest BCUT2D eigenvalue weighted by Gasteiger charge is -2.24. The Hall–Kier alpha value is -2.93. The van der Waals surface area contributed by atoms with E-state index in [2.05, 4.69) is 16.0 Å². The lowest BCUT2D eigenvalue weighted by Crippen LogP contribution is -2.54. The number of unbranched alkanes of at least 4 members (excludes halogenated alkanes) is 3. The fourth-order valence-electron chi connectivity index (χ4n) is 3.81. The van der Waals surface area contributed by atoms with Gasteiger partial charge in [0, 0.05) is 6.54 Å². The van der Waals surface area contributed by atoms with E-state index in [0.717, 1.165) is 0 Å². The fraction of sp³-hybridized carbons (Fsp3) is 0.800. The number of carboxylic acid groups (broad SMARTS) is 1. The van der Waals surface area contributed by atoms with Crippen LogP contribution in [0.4, 0.5) is 0 Å². The molecule has 244 valence electrons. The van der Waals surface area contributed by atoms with Crippen molar-refractivity contribution in [3.8, 4) is 0 Å². The number of methoxy groups -OCH3 is 1. The SMILES string of the molecule is COC(=O)C(CCCCN)NC(=O)[C@H](CCCCN)NC(=O)[C@H](N)CCCCNC(=O)[C@H](O)[C@@H](O)[C@@H](O)[C@H](O)C(=O)O. The Morgan fingerprint density at radius 1 is 0.690 bits per heavy atom. The van der Waals surface area contributed by atoms with Crippen LogP contribution in [0.25, 0.3) is 0 Å². The standard InChI is InChI=1S/C25H48N6O11/c1-42-25(41)16(10-3-6-12-27)31-22(37)15(9-2-5-11-26)30-21(36)14(28)8-4-7-13-29-23(38)19(34)17(32)18(33)20(35)24(39)40/h14-20,32-35H,2-13,26-28H2,1H3,(H,29,38)(H,30,36)(H,31,37)(H,39,40)/t14-,15+,16?,17+,18-,19-,20+/m1/s1. The van der Waals surface area contributed by atoms with E-state index in [0.29, 0.717) is 58.0 Å². The number of nitrogens with two attached hydrogens (primary N) is 3. The molecule has 0 radical (unpaired) electrons. The van der Waals surface area contributed by atoms with Crippen LogP contribution >= 0.6 is 0 Å². The monoisotopic (exact) mass is 608 g/mol. The molecule has 14 N–H and O–H groups in total. The smallest absolute Gasteiger partial charge is 0.335 e. The first-order valence-corrected chi connectivity index (χ1v) is 13.9. The number of carbonyl (C=O) groups is 5. The van der Waals surface area contributed by atoms with Gasteiger partial charge in [-0.2, -0.15) is 0 Å². The van der Waals surface area contributed by atoms with Crippen molar-refractivity contribution >= 4 is 29.7 Å². The fourth-order valence-corrected chi connectivity index (χ4v) is 3.81. The van der Waals surface area contributed by atoms with Gasteiger partial charge < -0.3 is 63.4 Å². The number of aliphatic hydroxyl groups excluding tert-OH is 4. The number of amides is 3. The molecule has 0 aromatic carbocycles. The summed E-state index contributed by atoms with van der Waals surface area (Å²) in [6, 6.07) is -2.89. The van der Waals surface area contributed by atoms with Crippen LogP contribution in [0.5, 0.6) is 0 Å². The molecule has 7 atom stereocenters. The highest BCUT2D eigenvalue weighted by atomic mass is 16.5. The van der Waals surface area contributed by atoms with Crippen molar-refractivity contribution in [3.05, 3.63) is 0 Å². The summed E-state index contributed by atoms with van der Waals surface area (Å²) >= 11 is 0. The lowest BCUT2D eigenvalue weighted by atomic mass is 10.0. The van der Waals surface area contributed by atoms with Crippen molar-refractivity contribution in [1.29, 1.82) is 0 Å². The van der Waals surface area contributed by atoms with Gasteiger partial charge in [-0.3, -0.25) is 14.4 Å². The molecule has 0 aliphatic heterocycles. The molecule has 0 heterocycles. The third-order valence-corrected chi connectivity index (χ3v) is 6.43. The maximum atomic E-state index is 13.0. The second kappa shape index (κ2) is 21.7. The van der Waals surface area contributed by atoms with E-state index in [1.54, 1.807) is 0 Å². The molecule has 0 aromatic heterocycles. The normalized spacial score (nSPS) is 16.2. The molecule has 0 fully saturated rings. The molecule has 0 rings (SSSR count). The van der Waals surface area contributed by atoms with E-state index in [9.17, 15) is 44.4 Å². The Labute approximate surface area is 244 Å². The van der Waals surface area contributed by atoms with E-state index in [4.69, 9.17) is 27.0 Å². The number of carboxylic acids is 1.